The summed E-state index contributed by atoms with van der Waals surface area (Å²) in [6, 6.07) is 13.5. The van der Waals surface area contributed by atoms with E-state index in [-0.39, 0.29) is 28.6 Å². The number of anilines is 1. The fourth-order valence-electron chi connectivity index (χ4n) is 4.29. The van der Waals surface area contributed by atoms with Crippen molar-refractivity contribution in [1.82, 2.24) is 5.32 Å². The molecule has 0 saturated heterocycles. The van der Waals surface area contributed by atoms with E-state index in [4.69, 9.17) is 4.42 Å². The van der Waals surface area contributed by atoms with E-state index in [1.807, 2.05) is 0 Å². The van der Waals surface area contributed by atoms with E-state index in [1.54, 1.807) is 18.2 Å². The standard InChI is InChI=1S/C26H21BrF2N2O4S/c1-30-26(32)24-19-11-18(15-3-4-15)22(12-23(19)35-25(24)16-5-7-17(28)8-6-16)31(36(33)34)13-14-2-9-20(27)21(29)10-14/h2,5-12,15,36H,3-4,13H2,1H3,(H,30,32). The number of hydrogen-bond acceptors (Lipinski definition) is 4. The molecule has 1 fully saturated rings. The summed E-state index contributed by atoms with van der Waals surface area (Å²) in [6.45, 7) is -0.0675. The normalized spacial score (nSPS) is 13.4. The minimum atomic E-state index is -3.08. The zero-order valence-corrected chi connectivity index (χ0v) is 21.5. The first kappa shape index (κ1) is 24.5. The number of carbonyl (C=O) groups excluding carboxylic acids is 1. The Morgan fingerprint density at radius 3 is 2.44 bits per heavy atom. The van der Waals surface area contributed by atoms with Crippen LogP contribution in [0.5, 0.6) is 0 Å². The summed E-state index contributed by atoms with van der Waals surface area (Å²) in [4.78, 5) is 12.9. The molecule has 1 aliphatic rings. The number of benzene rings is 3. The second-order valence-corrected chi connectivity index (χ2v) is 10.4. The molecule has 36 heavy (non-hydrogen) atoms. The van der Waals surface area contributed by atoms with E-state index in [1.165, 1.54) is 47.8 Å². The first-order valence-corrected chi connectivity index (χ1v) is 13.1. The zero-order chi connectivity index (χ0) is 25.6. The highest BCUT2D eigenvalue weighted by atomic mass is 79.9. The lowest BCUT2D eigenvalue weighted by Crippen LogP contribution is -2.22. The van der Waals surface area contributed by atoms with E-state index in [0.29, 0.717) is 33.3 Å². The van der Waals surface area contributed by atoms with Crippen molar-refractivity contribution in [1.29, 1.82) is 0 Å². The Bertz CT molecular complexity index is 1550. The highest BCUT2D eigenvalue weighted by molar-refractivity contribution is 9.10. The average molecular weight is 575 g/mol. The third kappa shape index (κ3) is 4.62. The number of furan rings is 1. The Morgan fingerprint density at radius 2 is 1.83 bits per heavy atom. The first-order chi connectivity index (χ1) is 17.3. The molecule has 1 N–H and O–H groups in total. The Kier molecular flexibility index (Phi) is 6.57. The van der Waals surface area contributed by atoms with Crippen LogP contribution in [0.4, 0.5) is 14.5 Å². The van der Waals surface area contributed by atoms with Crippen molar-refractivity contribution in [2.24, 2.45) is 0 Å². The zero-order valence-electron chi connectivity index (χ0n) is 19.1. The lowest BCUT2D eigenvalue weighted by molar-refractivity contribution is 0.0964. The fourth-order valence-corrected chi connectivity index (χ4v) is 5.17. The molecule has 0 radical (unpaired) electrons. The summed E-state index contributed by atoms with van der Waals surface area (Å²) in [5, 5.41) is 3.16. The molecule has 1 aromatic heterocycles. The van der Waals surface area contributed by atoms with E-state index in [9.17, 15) is 22.0 Å². The molecule has 3 aromatic carbocycles. The van der Waals surface area contributed by atoms with Crippen LogP contribution in [0.1, 0.15) is 40.2 Å². The molecule has 1 saturated carbocycles. The Labute approximate surface area is 216 Å². The van der Waals surface area contributed by atoms with Crippen molar-refractivity contribution in [3.05, 3.63) is 87.4 Å². The quantitative estimate of drug-likeness (QED) is 0.269. The molecular weight excluding hydrogens is 554 g/mol. The lowest BCUT2D eigenvalue weighted by atomic mass is 10.00. The summed E-state index contributed by atoms with van der Waals surface area (Å²) in [7, 11) is -1.57. The van der Waals surface area contributed by atoms with Crippen LogP contribution in [0.25, 0.3) is 22.3 Å². The van der Waals surface area contributed by atoms with Crippen molar-refractivity contribution in [3.8, 4) is 11.3 Å². The van der Waals surface area contributed by atoms with Crippen LogP contribution in [0, 0.1) is 11.6 Å². The van der Waals surface area contributed by atoms with Crippen molar-refractivity contribution in [3.63, 3.8) is 0 Å². The number of hydrogen-bond donors (Lipinski definition) is 2. The molecular formula is C26H21BrF2N2O4S. The predicted molar refractivity (Wildman–Crippen MR) is 138 cm³/mol. The molecule has 1 amide bonds. The fraction of sp³-hybridized carbons (Fsp3) is 0.192. The molecule has 186 valence electrons. The Hall–Kier alpha value is -3.24. The molecule has 1 aliphatic carbocycles. The predicted octanol–water partition coefficient (Wildman–Crippen LogP) is 5.91. The number of amides is 1. The molecule has 0 unspecified atom stereocenters. The van der Waals surface area contributed by atoms with E-state index < -0.39 is 22.5 Å². The number of carbonyl (C=O) groups is 1. The summed E-state index contributed by atoms with van der Waals surface area (Å²) < 4.78 is 60.0. The van der Waals surface area contributed by atoms with Crippen molar-refractivity contribution in [2.45, 2.75) is 25.3 Å². The number of fused-ring (bicyclic) bond motifs is 1. The van der Waals surface area contributed by atoms with Crippen LogP contribution in [0.3, 0.4) is 0 Å². The summed E-state index contributed by atoms with van der Waals surface area (Å²) in [5.41, 5.74) is 2.80. The number of nitrogens with one attached hydrogen (secondary N) is 1. The van der Waals surface area contributed by atoms with Gasteiger partial charge in [-0.2, -0.15) is 0 Å². The Balaban J connectivity index is 1.69. The molecule has 6 nitrogen and oxygen atoms in total. The minimum absolute atomic E-state index is 0.0675. The topological polar surface area (TPSA) is 79.6 Å². The average Bonchev–Trinajstić information content (AvgIpc) is 3.64. The molecule has 4 aromatic rings. The lowest BCUT2D eigenvalue weighted by Gasteiger charge is -2.21. The van der Waals surface area contributed by atoms with Gasteiger partial charge in [0.25, 0.3) is 5.91 Å². The molecule has 0 aliphatic heterocycles. The van der Waals surface area contributed by atoms with Crippen LogP contribution in [-0.4, -0.2) is 21.4 Å². The second-order valence-electron chi connectivity index (χ2n) is 8.62. The second kappa shape index (κ2) is 9.67. The number of thiol groups is 1. The van der Waals surface area contributed by atoms with Crippen molar-refractivity contribution in [2.75, 3.05) is 11.4 Å². The summed E-state index contributed by atoms with van der Waals surface area (Å²) >= 11 is 3.11. The third-order valence-corrected chi connectivity index (χ3v) is 7.60. The maximum Gasteiger partial charge on any atom is 0.255 e. The Morgan fingerprint density at radius 1 is 1.11 bits per heavy atom. The molecule has 0 atom stereocenters. The van der Waals surface area contributed by atoms with Crippen LogP contribution >= 0.6 is 15.9 Å². The van der Waals surface area contributed by atoms with Crippen LogP contribution in [0.2, 0.25) is 0 Å². The van der Waals surface area contributed by atoms with Crippen LogP contribution < -0.4 is 9.62 Å². The number of halogens is 3. The van der Waals surface area contributed by atoms with Gasteiger partial charge in [-0.25, -0.2) is 17.2 Å². The van der Waals surface area contributed by atoms with Gasteiger partial charge >= 0.3 is 0 Å². The maximum atomic E-state index is 14.1. The molecule has 10 heteroatoms. The first-order valence-electron chi connectivity index (χ1n) is 11.2. The maximum absolute atomic E-state index is 14.1. The molecule has 0 spiro atoms. The minimum Gasteiger partial charge on any atom is -0.455 e. The third-order valence-electron chi connectivity index (χ3n) is 6.21. The highest BCUT2D eigenvalue weighted by Gasteiger charge is 2.32. The van der Waals surface area contributed by atoms with Gasteiger partial charge in [0.1, 0.15) is 23.0 Å². The monoisotopic (exact) mass is 574 g/mol. The van der Waals surface area contributed by atoms with Crippen molar-refractivity contribution >= 4 is 49.4 Å². The smallest absolute Gasteiger partial charge is 0.255 e. The van der Waals surface area contributed by atoms with Gasteiger partial charge in [0.15, 0.2) is 0 Å². The van der Waals surface area contributed by atoms with Gasteiger partial charge in [-0.1, -0.05) is 6.07 Å². The molecule has 1 heterocycles. The SMILES string of the molecule is CNC(=O)c1c(-c2ccc(F)cc2)oc2cc(N(Cc3ccc(Br)c(F)c3)[SH](=O)=O)c(C3CC3)cc12. The van der Waals surface area contributed by atoms with E-state index >= 15 is 0 Å². The van der Waals surface area contributed by atoms with E-state index in [2.05, 4.69) is 21.2 Å². The van der Waals surface area contributed by atoms with Gasteiger partial charge in [-0.05, 0) is 88.3 Å². The highest BCUT2D eigenvalue weighted by Crippen LogP contribution is 2.48. The van der Waals surface area contributed by atoms with Gasteiger partial charge < -0.3 is 9.73 Å². The van der Waals surface area contributed by atoms with Gasteiger partial charge in [0.2, 0.25) is 10.9 Å². The van der Waals surface area contributed by atoms with Gasteiger partial charge in [0, 0.05) is 24.1 Å². The van der Waals surface area contributed by atoms with Gasteiger partial charge in [0.05, 0.1) is 22.3 Å². The summed E-state index contributed by atoms with van der Waals surface area (Å²) in [5.74, 6) is -0.897. The van der Waals surface area contributed by atoms with E-state index in [0.717, 1.165) is 18.4 Å². The molecule has 0 bridgehead atoms. The van der Waals surface area contributed by atoms with Crippen LogP contribution in [0.15, 0.2) is 63.5 Å². The number of nitrogens with zero attached hydrogens (tertiary/aromatic N) is 1. The number of rotatable bonds is 7. The van der Waals surface area contributed by atoms with Gasteiger partial charge in [-0.3, -0.25) is 9.10 Å². The van der Waals surface area contributed by atoms with Gasteiger partial charge in [-0.15, -0.1) is 0 Å². The van der Waals surface area contributed by atoms with Crippen LogP contribution in [-0.2, 0) is 17.4 Å². The van der Waals surface area contributed by atoms with Crippen molar-refractivity contribution < 1.29 is 26.4 Å². The summed E-state index contributed by atoms with van der Waals surface area (Å²) in [6.07, 6.45) is 1.76. The molecule has 5 rings (SSSR count). The largest absolute Gasteiger partial charge is 0.455 e.